The minimum atomic E-state index is -0.470. The molecule has 0 saturated carbocycles. The van der Waals surface area contributed by atoms with Crippen molar-refractivity contribution in [3.8, 4) is 5.75 Å². The van der Waals surface area contributed by atoms with Crippen molar-refractivity contribution in [2.45, 2.75) is 13.0 Å². The Morgan fingerprint density at radius 3 is 3.00 bits per heavy atom. The lowest BCUT2D eigenvalue weighted by atomic mass is 10.1. The number of hydrogen-bond acceptors (Lipinski definition) is 2. The normalized spacial score (nSPS) is 13.1. The molecule has 1 aromatic rings. The minimum Gasteiger partial charge on any atom is -0.489 e. The number of halogens is 1. The van der Waals surface area contributed by atoms with Gasteiger partial charge in [0.2, 0.25) is 0 Å². The second kappa shape index (κ2) is 5.68. The monoisotopic (exact) mass is 212 g/mol. The molecule has 0 aliphatic heterocycles. The molecule has 0 bridgehead atoms. The van der Waals surface area contributed by atoms with Crippen molar-refractivity contribution in [1.82, 2.24) is 0 Å². The summed E-state index contributed by atoms with van der Waals surface area (Å²) in [5.41, 5.74) is 2.26. The van der Waals surface area contributed by atoms with Crippen molar-refractivity contribution in [3.63, 3.8) is 0 Å². The quantitative estimate of drug-likeness (QED) is 0.832. The summed E-state index contributed by atoms with van der Waals surface area (Å²) in [6.07, 6.45) is 1.23. The fourth-order valence-electron chi connectivity index (χ4n) is 1.04. The Bertz CT molecular complexity index is 308. The second-order valence-corrected chi connectivity index (χ2v) is 3.17. The molecule has 76 valence electrons. The molecule has 1 aromatic carbocycles. The Morgan fingerprint density at radius 1 is 1.57 bits per heavy atom. The van der Waals surface area contributed by atoms with E-state index in [0.717, 1.165) is 11.3 Å². The van der Waals surface area contributed by atoms with Gasteiger partial charge in [0, 0.05) is 5.54 Å². The summed E-state index contributed by atoms with van der Waals surface area (Å²) in [7, 11) is 0. The van der Waals surface area contributed by atoms with Crippen molar-refractivity contribution in [3.05, 3.63) is 41.4 Å². The van der Waals surface area contributed by atoms with Gasteiger partial charge in [-0.1, -0.05) is 23.7 Å². The highest BCUT2D eigenvalue weighted by atomic mass is 35.5. The standard InChI is InChI=1S/C11H13ClO2/c1-9(13)10-4-2-5-11(8-10)14-7-3-6-12/h2-6,8-9,13H,7H2,1H3/b6-3+. The Balaban J connectivity index is 2.64. The molecule has 3 heteroatoms. The first-order valence-electron chi connectivity index (χ1n) is 4.40. The van der Waals surface area contributed by atoms with Gasteiger partial charge in [0.15, 0.2) is 0 Å². The van der Waals surface area contributed by atoms with E-state index in [1.807, 2.05) is 24.3 Å². The lowest BCUT2D eigenvalue weighted by Crippen LogP contribution is -1.95. The van der Waals surface area contributed by atoms with E-state index in [1.54, 1.807) is 13.0 Å². The van der Waals surface area contributed by atoms with Gasteiger partial charge in [0.1, 0.15) is 12.4 Å². The maximum Gasteiger partial charge on any atom is 0.120 e. The number of ether oxygens (including phenoxy) is 1. The molecule has 1 atom stereocenters. The van der Waals surface area contributed by atoms with E-state index in [-0.39, 0.29) is 0 Å². The number of benzene rings is 1. The predicted octanol–water partition coefficient (Wildman–Crippen LogP) is 2.87. The molecule has 0 aromatic heterocycles. The van der Waals surface area contributed by atoms with Crippen LogP contribution < -0.4 is 4.74 Å². The summed E-state index contributed by atoms with van der Waals surface area (Å²) in [6.45, 7) is 2.16. The average Bonchev–Trinajstić information content (AvgIpc) is 2.19. The first-order chi connectivity index (χ1) is 6.74. The molecule has 0 aliphatic carbocycles. The summed E-state index contributed by atoms with van der Waals surface area (Å²) < 4.78 is 5.35. The zero-order valence-electron chi connectivity index (χ0n) is 7.98. The SMILES string of the molecule is CC(O)c1cccc(OC/C=C/Cl)c1. The van der Waals surface area contributed by atoms with Gasteiger partial charge in [-0.15, -0.1) is 0 Å². The third-order valence-corrected chi connectivity index (χ3v) is 1.95. The largest absolute Gasteiger partial charge is 0.489 e. The molecule has 1 N–H and O–H groups in total. The molecular weight excluding hydrogens is 200 g/mol. The van der Waals surface area contributed by atoms with Crippen LogP contribution in [-0.2, 0) is 0 Å². The highest BCUT2D eigenvalue weighted by Crippen LogP contribution is 2.18. The summed E-state index contributed by atoms with van der Waals surface area (Å²) in [6, 6.07) is 7.36. The highest BCUT2D eigenvalue weighted by Gasteiger charge is 2.01. The first kappa shape index (κ1) is 11.1. The van der Waals surface area contributed by atoms with Crippen LogP contribution in [0, 0.1) is 0 Å². The average molecular weight is 213 g/mol. The fraction of sp³-hybridized carbons (Fsp3) is 0.273. The molecule has 14 heavy (non-hydrogen) atoms. The zero-order chi connectivity index (χ0) is 10.4. The molecule has 2 nitrogen and oxygen atoms in total. The Morgan fingerprint density at radius 2 is 2.36 bits per heavy atom. The van der Waals surface area contributed by atoms with Gasteiger partial charge in [0.05, 0.1) is 6.10 Å². The summed E-state index contributed by atoms with van der Waals surface area (Å²) in [5.74, 6) is 0.734. The van der Waals surface area contributed by atoms with Crippen molar-refractivity contribution in [2.75, 3.05) is 6.61 Å². The Labute approximate surface area is 88.8 Å². The van der Waals surface area contributed by atoms with Crippen LogP contribution in [0.3, 0.4) is 0 Å². The van der Waals surface area contributed by atoms with Gasteiger partial charge >= 0.3 is 0 Å². The van der Waals surface area contributed by atoms with Crippen LogP contribution in [0.2, 0.25) is 0 Å². The number of aliphatic hydroxyl groups excluding tert-OH is 1. The summed E-state index contributed by atoms with van der Waals surface area (Å²) in [5, 5.41) is 9.33. The van der Waals surface area contributed by atoms with E-state index >= 15 is 0 Å². The molecule has 0 heterocycles. The Kier molecular flexibility index (Phi) is 4.50. The molecule has 0 amide bonds. The number of hydrogen-bond donors (Lipinski definition) is 1. The lowest BCUT2D eigenvalue weighted by molar-refractivity contribution is 0.198. The van der Waals surface area contributed by atoms with Gasteiger partial charge in [-0.3, -0.25) is 0 Å². The fourth-order valence-corrected chi connectivity index (χ4v) is 1.12. The van der Waals surface area contributed by atoms with Gasteiger partial charge < -0.3 is 9.84 Å². The lowest BCUT2D eigenvalue weighted by Gasteiger charge is -2.07. The maximum atomic E-state index is 9.33. The molecule has 0 aliphatic rings. The van der Waals surface area contributed by atoms with Crippen LogP contribution in [-0.4, -0.2) is 11.7 Å². The predicted molar refractivity (Wildman–Crippen MR) is 57.6 cm³/mol. The third-order valence-electron chi connectivity index (χ3n) is 1.78. The molecule has 0 saturated heterocycles. The first-order valence-corrected chi connectivity index (χ1v) is 4.83. The molecule has 1 unspecified atom stereocenters. The van der Waals surface area contributed by atoms with E-state index in [1.165, 1.54) is 5.54 Å². The molecule has 0 spiro atoms. The zero-order valence-corrected chi connectivity index (χ0v) is 8.74. The summed E-state index contributed by atoms with van der Waals surface area (Å²) in [4.78, 5) is 0. The second-order valence-electron chi connectivity index (χ2n) is 2.92. The Hall–Kier alpha value is -0.990. The number of rotatable bonds is 4. The van der Waals surface area contributed by atoms with Crippen molar-refractivity contribution >= 4 is 11.6 Å². The van der Waals surface area contributed by atoms with Gasteiger partial charge in [-0.25, -0.2) is 0 Å². The van der Waals surface area contributed by atoms with Gasteiger partial charge in [-0.05, 0) is 30.7 Å². The van der Waals surface area contributed by atoms with Crippen LogP contribution in [0.5, 0.6) is 5.75 Å². The van der Waals surface area contributed by atoms with Crippen LogP contribution >= 0.6 is 11.6 Å². The topological polar surface area (TPSA) is 29.5 Å². The maximum absolute atomic E-state index is 9.33. The van der Waals surface area contributed by atoms with E-state index in [2.05, 4.69) is 0 Å². The highest BCUT2D eigenvalue weighted by molar-refractivity contribution is 6.25. The van der Waals surface area contributed by atoms with E-state index < -0.39 is 6.10 Å². The van der Waals surface area contributed by atoms with Crippen molar-refractivity contribution in [2.24, 2.45) is 0 Å². The van der Waals surface area contributed by atoms with Crippen LogP contribution in [0.15, 0.2) is 35.9 Å². The van der Waals surface area contributed by atoms with Crippen LogP contribution in [0.4, 0.5) is 0 Å². The van der Waals surface area contributed by atoms with Crippen molar-refractivity contribution in [1.29, 1.82) is 0 Å². The number of aliphatic hydroxyl groups is 1. The smallest absolute Gasteiger partial charge is 0.120 e. The van der Waals surface area contributed by atoms with Crippen molar-refractivity contribution < 1.29 is 9.84 Å². The van der Waals surface area contributed by atoms with Gasteiger partial charge in [0.25, 0.3) is 0 Å². The van der Waals surface area contributed by atoms with Gasteiger partial charge in [-0.2, -0.15) is 0 Å². The summed E-state index contributed by atoms with van der Waals surface area (Å²) >= 11 is 5.35. The minimum absolute atomic E-state index is 0.437. The van der Waals surface area contributed by atoms with Crippen LogP contribution in [0.1, 0.15) is 18.6 Å². The van der Waals surface area contributed by atoms with E-state index in [4.69, 9.17) is 16.3 Å². The molecular formula is C11H13ClO2. The van der Waals surface area contributed by atoms with E-state index in [9.17, 15) is 5.11 Å². The van der Waals surface area contributed by atoms with E-state index in [0.29, 0.717) is 6.61 Å². The molecule has 1 rings (SSSR count). The molecule has 0 fully saturated rings. The van der Waals surface area contributed by atoms with Crippen LogP contribution in [0.25, 0.3) is 0 Å². The third kappa shape index (κ3) is 3.40. The molecule has 0 radical (unpaired) electrons.